The fraction of sp³-hybridized carbons (Fsp3) is 0.261. The number of phenolic OH excluding ortho intramolecular Hbond substituents is 2. The first-order valence-corrected chi connectivity index (χ1v) is 9.79. The lowest BCUT2D eigenvalue weighted by Gasteiger charge is -2.40. The quantitative estimate of drug-likeness (QED) is 0.300. The normalized spacial score (nSPS) is 25.6. The van der Waals surface area contributed by atoms with Crippen molar-refractivity contribution in [3.63, 3.8) is 0 Å². The van der Waals surface area contributed by atoms with Crippen LogP contribution in [0.15, 0.2) is 63.8 Å². The van der Waals surface area contributed by atoms with Gasteiger partial charge in [-0.3, -0.25) is 4.79 Å². The molecule has 0 amide bonds. The van der Waals surface area contributed by atoms with Gasteiger partial charge < -0.3 is 39.4 Å². The SMILES string of the molecule is C=C(C)C1OC(Oc2cc3oc(-c4ccccc4)cc(=O)c3c(O)c2O)C(O)C(O)C1O. The van der Waals surface area contributed by atoms with Crippen molar-refractivity contribution >= 4 is 11.0 Å². The Morgan fingerprint density at radius 1 is 1.00 bits per heavy atom. The first-order valence-electron chi connectivity index (χ1n) is 9.79. The van der Waals surface area contributed by atoms with Crippen LogP contribution >= 0.6 is 0 Å². The van der Waals surface area contributed by atoms with Gasteiger partial charge in [-0.05, 0) is 12.5 Å². The number of hydrogen-bond acceptors (Lipinski definition) is 9. The van der Waals surface area contributed by atoms with Crippen LogP contribution in [0.3, 0.4) is 0 Å². The Hall–Kier alpha value is -3.37. The lowest BCUT2D eigenvalue weighted by atomic mass is 9.95. The van der Waals surface area contributed by atoms with Crippen LogP contribution in [-0.2, 0) is 4.74 Å². The second-order valence-electron chi connectivity index (χ2n) is 7.65. The molecular formula is C23H22O9. The number of aliphatic hydroxyl groups is 3. The monoisotopic (exact) mass is 442 g/mol. The summed E-state index contributed by atoms with van der Waals surface area (Å²) >= 11 is 0. The van der Waals surface area contributed by atoms with Crippen LogP contribution in [0.5, 0.6) is 17.2 Å². The third-order valence-electron chi connectivity index (χ3n) is 5.29. The van der Waals surface area contributed by atoms with Crippen molar-refractivity contribution in [2.75, 3.05) is 0 Å². The van der Waals surface area contributed by atoms with Crippen molar-refractivity contribution in [1.82, 2.24) is 0 Å². The van der Waals surface area contributed by atoms with E-state index in [9.17, 15) is 30.3 Å². The molecule has 0 spiro atoms. The smallest absolute Gasteiger partial charge is 0.229 e. The molecule has 5 atom stereocenters. The van der Waals surface area contributed by atoms with Crippen LogP contribution in [0.25, 0.3) is 22.3 Å². The summed E-state index contributed by atoms with van der Waals surface area (Å²) in [6.45, 7) is 5.24. The summed E-state index contributed by atoms with van der Waals surface area (Å²) in [5.74, 6) is -1.68. The van der Waals surface area contributed by atoms with E-state index >= 15 is 0 Å². The maximum absolute atomic E-state index is 12.6. The molecule has 5 unspecified atom stereocenters. The molecule has 168 valence electrons. The van der Waals surface area contributed by atoms with E-state index in [1.807, 2.05) is 0 Å². The molecule has 0 saturated carbocycles. The third-order valence-corrected chi connectivity index (χ3v) is 5.29. The highest BCUT2D eigenvalue weighted by Crippen LogP contribution is 2.42. The molecule has 2 heterocycles. The average molecular weight is 442 g/mol. The summed E-state index contributed by atoms with van der Waals surface area (Å²) in [6.07, 6.45) is -7.30. The number of fused-ring (bicyclic) bond motifs is 1. The maximum Gasteiger partial charge on any atom is 0.229 e. The summed E-state index contributed by atoms with van der Waals surface area (Å²) in [5.41, 5.74) is 0.332. The van der Waals surface area contributed by atoms with Crippen LogP contribution in [0.4, 0.5) is 0 Å². The summed E-state index contributed by atoms with van der Waals surface area (Å²) < 4.78 is 16.8. The Morgan fingerprint density at radius 2 is 1.69 bits per heavy atom. The molecule has 4 rings (SSSR count). The summed E-state index contributed by atoms with van der Waals surface area (Å²) in [5, 5.41) is 51.0. The van der Waals surface area contributed by atoms with Crippen LogP contribution < -0.4 is 10.2 Å². The highest BCUT2D eigenvalue weighted by atomic mass is 16.7. The van der Waals surface area contributed by atoms with Gasteiger partial charge in [-0.15, -0.1) is 0 Å². The topological polar surface area (TPSA) is 150 Å². The van der Waals surface area contributed by atoms with Gasteiger partial charge in [-0.1, -0.05) is 36.9 Å². The van der Waals surface area contributed by atoms with E-state index in [1.54, 1.807) is 37.3 Å². The number of phenols is 2. The molecule has 9 heteroatoms. The standard InChI is InChI=1S/C23H22O9/c1-10(2)22-20(28)19(27)21(29)23(32-22)31-15-9-14-16(18(26)17(15)25)12(24)8-13(30-14)11-6-4-3-5-7-11/h3-9,19-23,25-29H,1H2,2H3. The van der Waals surface area contributed by atoms with Crippen molar-refractivity contribution in [1.29, 1.82) is 0 Å². The minimum absolute atomic E-state index is 0.0796. The Kier molecular flexibility index (Phi) is 5.66. The second kappa shape index (κ2) is 8.29. The zero-order valence-electron chi connectivity index (χ0n) is 17.0. The first kappa shape index (κ1) is 21.8. The van der Waals surface area contributed by atoms with Gasteiger partial charge in [0.1, 0.15) is 41.1 Å². The minimum Gasteiger partial charge on any atom is -0.504 e. The number of benzene rings is 2. The van der Waals surface area contributed by atoms with Crippen molar-refractivity contribution < 1.29 is 39.4 Å². The Bertz CT molecular complexity index is 1220. The molecule has 0 aliphatic carbocycles. The molecular weight excluding hydrogens is 420 g/mol. The molecule has 1 aliphatic heterocycles. The number of rotatable bonds is 4. The first-order chi connectivity index (χ1) is 15.2. The van der Waals surface area contributed by atoms with E-state index in [0.717, 1.165) is 0 Å². The minimum atomic E-state index is -1.68. The maximum atomic E-state index is 12.6. The molecule has 1 aliphatic rings. The van der Waals surface area contributed by atoms with Crippen molar-refractivity contribution in [2.45, 2.75) is 37.6 Å². The molecule has 0 bridgehead atoms. The molecule has 0 radical (unpaired) electrons. The molecule has 3 aromatic rings. The molecule has 9 nitrogen and oxygen atoms in total. The number of ether oxygens (including phenoxy) is 2. The van der Waals surface area contributed by atoms with Crippen LogP contribution in [0.1, 0.15) is 6.92 Å². The van der Waals surface area contributed by atoms with Gasteiger partial charge in [0.2, 0.25) is 12.0 Å². The second-order valence-corrected chi connectivity index (χ2v) is 7.65. The van der Waals surface area contributed by atoms with Crippen molar-refractivity contribution in [3.8, 4) is 28.6 Å². The number of hydrogen-bond donors (Lipinski definition) is 5. The summed E-state index contributed by atoms with van der Waals surface area (Å²) in [6, 6.07) is 11.2. The van der Waals surface area contributed by atoms with Crippen molar-refractivity contribution in [2.24, 2.45) is 0 Å². The highest BCUT2D eigenvalue weighted by molar-refractivity contribution is 5.89. The van der Waals surface area contributed by atoms with Gasteiger partial charge in [0.15, 0.2) is 16.9 Å². The van der Waals surface area contributed by atoms with E-state index in [0.29, 0.717) is 11.1 Å². The van der Waals surface area contributed by atoms with Gasteiger partial charge in [-0.2, -0.15) is 0 Å². The number of aromatic hydroxyl groups is 2. The lowest BCUT2D eigenvalue weighted by Crippen LogP contribution is -2.59. The van der Waals surface area contributed by atoms with E-state index < -0.39 is 47.6 Å². The molecule has 5 N–H and O–H groups in total. The average Bonchev–Trinajstić information content (AvgIpc) is 2.77. The number of aliphatic hydroxyl groups excluding tert-OH is 3. The Morgan fingerprint density at radius 3 is 2.34 bits per heavy atom. The molecule has 1 aromatic heterocycles. The van der Waals surface area contributed by atoms with Crippen LogP contribution in [0, 0.1) is 0 Å². The third kappa shape index (κ3) is 3.71. The highest BCUT2D eigenvalue weighted by Gasteiger charge is 2.45. The van der Waals surface area contributed by atoms with Gasteiger partial charge in [0.25, 0.3) is 0 Å². The van der Waals surface area contributed by atoms with Gasteiger partial charge >= 0.3 is 0 Å². The molecule has 32 heavy (non-hydrogen) atoms. The summed E-state index contributed by atoms with van der Waals surface area (Å²) in [7, 11) is 0. The lowest BCUT2D eigenvalue weighted by molar-refractivity contribution is -0.263. The van der Waals surface area contributed by atoms with E-state index in [2.05, 4.69) is 6.58 Å². The molecule has 1 fully saturated rings. The molecule has 2 aromatic carbocycles. The van der Waals surface area contributed by atoms with Crippen LogP contribution in [0.2, 0.25) is 0 Å². The van der Waals surface area contributed by atoms with Gasteiger partial charge in [-0.25, -0.2) is 0 Å². The van der Waals surface area contributed by atoms with E-state index in [1.165, 1.54) is 12.1 Å². The molecule has 1 saturated heterocycles. The zero-order valence-corrected chi connectivity index (χ0v) is 17.0. The Labute approximate surface area is 182 Å². The van der Waals surface area contributed by atoms with E-state index in [-0.39, 0.29) is 22.5 Å². The summed E-state index contributed by atoms with van der Waals surface area (Å²) in [4.78, 5) is 12.6. The predicted octanol–water partition coefficient (Wildman–Crippen LogP) is 1.63. The fourth-order valence-electron chi connectivity index (χ4n) is 3.58. The van der Waals surface area contributed by atoms with Gasteiger partial charge in [0, 0.05) is 17.7 Å². The zero-order chi connectivity index (χ0) is 23.2. The van der Waals surface area contributed by atoms with Crippen molar-refractivity contribution in [3.05, 3.63) is 64.8 Å². The predicted molar refractivity (Wildman–Crippen MR) is 113 cm³/mol. The van der Waals surface area contributed by atoms with E-state index in [4.69, 9.17) is 13.9 Å². The largest absolute Gasteiger partial charge is 0.504 e. The van der Waals surface area contributed by atoms with Crippen LogP contribution in [-0.4, -0.2) is 56.2 Å². The fourth-order valence-corrected chi connectivity index (χ4v) is 3.58. The van der Waals surface area contributed by atoms with Gasteiger partial charge in [0.05, 0.1) is 0 Å². The Balaban J connectivity index is 1.77.